The zero-order valence-electron chi connectivity index (χ0n) is 12.6. The number of nitrogens with zero attached hydrogens (tertiary/aromatic N) is 2. The standard InChI is InChI=1S/C16H24FN2/c1-16(2,3)19(4,5)14-10-15(18-11-14)12-7-6-8-13(17)9-12/h6-9,14H,10-11H2,1-5H3/q+1/t14-/m1/s1. The summed E-state index contributed by atoms with van der Waals surface area (Å²) in [5.41, 5.74) is 2.15. The molecule has 1 atom stereocenters. The minimum absolute atomic E-state index is 0.178. The van der Waals surface area contributed by atoms with Gasteiger partial charge in [-0.25, -0.2) is 4.39 Å². The Morgan fingerprint density at radius 3 is 2.53 bits per heavy atom. The Morgan fingerprint density at radius 1 is 1.26 bits per heavy atom. The highest BCUT2D eigenvalue weighted by molar-refractivity contribution is 6.01. The predicted molar refractivity (Wildman–Crippen MR) is 78.1 cm³/mol. The Morgan fingerprint density at radius 2 is 1.95 bits per heavy atom. The Hall–Kier alpha value is -1.22. The van der Waals surface area contributed by atoms with Crippen LogP contribution in [-0.4, -0.2) is 42.4 Å². The number of hydrogen-bond acceptors (Lipinski definition) is 1. The average Bonchev–Trinajstić information content (AvgIpc) is 2.77. The summed E-state index contributed by atoms with van der Waals surface area (Å²) in [4.78, 5) is 4.64. The molecule has 1 aromatic carbocycles. The molecule has 104 valence electrons. The summed E-state index contributed by atoms with van der Waals surface area (Å²) in [6.07, 6.45) is 0.924. The number of halogens is 1. The van der Waals surface area contributed by atoms with Crippen molar-refractivity contribution in [2.75, 3.05) is 20.6 Å². The van der Waals surface area contributed by atoms with E-state index in [-0.39, 0.29) is 11.4 Å². The topological polar surface area (TPSA) is 12.4 Å². The fraction of sp³-hybridized carbons (Fsp3) is 0.562. The lowest BCUT2D eigenvalue weighted by atomic mass is 9.96. The Balaban J connectivity index is 2.16. The van der Waals surface area contributed by atoms with Gasteiger partial charge in [-0.1, -0.05) is 12.1 Å². The zero-order valence-corrected chi connectivity index (χ0v) is 12.6. The van der Waals surface area contributed by atoms with Crippen LogP contribution >= 0.6 is 0 Å². The van der Waals surface area contributed by atoms with Crippen molar-refractivity contribution in [3.05, 3.63) is 35.6 Å². The van der Waals surface area contributed by atoms with E-state index in [0.29, 0.717) is 6.04 Å². The molecule has 1 heterocycles. The Labute approximate surface area is 115 Å². The van der Waals surface area contributed by atoms with Gasteiger partial charge in [0.15, 0.2) is 0 Å². The van der Waals surface area contributed by atoms with Crippen molar-refractivity contribution in [1.82, 2.24) is 0 Å². The molecule has 1 aromatic rings. The van der Waals surface area contributed by atoms with E-state index in [1.807, 2.05) is 6.07 Å². The van der Waals surface area contributed by atoms with E-state index in [9.17, 15) is 4.39 Å². The van der Waals surface area contributed by atoms with Crippen LogP contribution in [0.15, 0.2) is 29.3 Å². The Bertz CT molecular complexity index is 498. The van der Waals surface area contributed by atoms with Gasteiger partial charge in [-0.05, 0) is 38.5 Å². The SMILES string of the molecule is CC(C)(C)[N+](C)(C)[C@H]1CN=C(c2cccc(F)c2)C1. The van der Waals surface area contributed by atoms with Crippen molar-refractivity contribution in [1.29, 1.82) is 0 Å². The fourth-order valence-electron chi connectivity index (χ4n) is 2.43. The third-order valence-electron chi connectivity index (χ3n) is 4.72. The number of hydrogen-bond donors (Lipinski definition) is 0. The summed E-state index contributed by atoms with van der Waals surface area (Å²) in [5.74, 6) is -0.187. The third-order valence-corrected chi connectivity index (χ3v) is 4.72. The number of benzene rings is 1. The first-order valence-electron chi connectivity index (χ1n) is 6.85. The lowest BCUT2D eigenvalue weighted by molar-refractivity contribution is -0.955. The largest absolute Gasteiger partial charge is 0.320 e. The van der Waals surface area contributed by atoms with E-state index < -0.39 is 0 Å². The maximum Gasteiger partial charge on any atom is 0.123 e. The molecule has 0 fully saturated rings. The third kappa shape index (κ3) is 2.71. The van der Waals surface area contributed by atoms with E-state index in [1.54, 1.807) is 12.1 Å². The second kappa shape index (κ2) is 4.71. The molecule has 1 aliphatic rings. The van der Waals surface area contributed by atoms with Crippen LogP contribution in [0.5, 0.6) is 0 Å². The quantitative estimate of drug-likeness (QED) is 0.726. The van der Waals surface area contributed by atoms with Crippen molar-refractivity contribution < 1.29 is 8.87 Å². The highest BCUT2D eigenvalue weighted by atomic mass is 19.1. The number of likely N-dealkylation sites (N-methyl/N-ethyl adjacent to an activating group) is 1. The molecule has 0 radical (unpaired) electrons. The molecule has 0 aromatic heterocycles. The molecular formula is C16H24FN2+. The summed E-state index contributed by atoms with van der Waals surface area (Å²) < 4.78 is 14.2. The minimum Gasteiger partial charge on any atom is -0.320 e. The van der Waals surface area contributed by atoms with Gasteiger partial charge < -0.3 is 4.48 Å². The maximum atomic E-state index is 13.3. The van der Waals surface area contributed by atoms with E-state index in [0.717, 1.165) is 28.7 Å². The first kappa shape index (κ1) is 14.2. The molecule has 0 N–H and O–H groups in total. The van der Waals surface area contributed by atoms with Gasteiger partial charge in [0.25, 0.3) is 0 Å². The van der Waals surface area contributed by atoms with Crippen molar-refractivity contribution >= 4 is 5.71 Å². The van der Waals surface area contributed by atoms with Gasteiger partial charge in [0.1, 0.15) is 11.9 Å². The van der Waals surface area contributed by atoms with Crippen LogP contribution in [-0.2, 0) is 0 Å². The van der Waals surface area contributed by atoms with Gasteiger partial charge in [-0.3, -0.25) is 4.99 Å². The lowest BCUT2D eigenvalue weighted by Gasteiger charge is -2.46. The first-order valence-corrected chi connectivity index (χ1v) is 6.85. The molecule has 0 saturated heterocycles. The maximum absolute atomic E-state index is 13.3. The van der Waals surface area contributed by atoms with Crippen LogP contribution in [0.3, 0.4) is 0 Å². The molecule has 0 bridgehead atoms. The summed E-state index contributed by atoms with van der Waals surface area (Å²) in [6, 6.07) is 7.23. The number of quaternary nitrogens is 1. The molecule has 0 unspecified atom stereocenters. The number of aliphatic imine (C=N–C) groups is 1. The predicted octanol–water partition coefficient (Wildman–Crippen LogP) is 3.26. The minimum atomic E-state index is -0.187. The molecule has 1 aliphatic heterocycles. The van der Waals surface area contributed by atoms with Gasteiger partial charge in [0.2, 0.25) is 0 Å². The zero-order chi connectivity index (χ0) is 14.3. The highest BCUT2D eigenvalue weighted by Crippen LogP contribution is 2.29. The van der Waals surface area contributed by atoms with Crippen LogP contribution < -0.4 is 0 Å². The summed E-state index contributed by atoms with van der Waals surface area (Å²) >= 11 is 0. The van der Waals surface area contributed by atoms with E-state index in [4.69, 9.17) is 0 Å². The van der Waals surface area contributed by atoms with Crippen LogP contribution in [0.25, 0.3) is 0 Å². The van der Waals surface area contributed by atoms with Crippen LogP contribution in [0.1, 0.15) is 32.8 Å². The summed E-state index contributed by atoms with van der Waals surface area (Å²) in [7, 11) is 4.52. The van der Waals surface area contributed by atoms with Crippen molar-refractivity contribution in [2.45, 2.75) is 38.8 Å². The van der Waals surface area contributed by atoms with E-state index in [1.165, 1.54) is 6.07 Å². The summed E-state index contributed by atoms with van der Waals surface area (Å²) in [6.45, 7) is 7.60. The van der Waals surface area contributed by atoms with Crippen LogP contribution in [0.4, 0.5) is 4.39 Å². The normalized spacial score (nSPS) is 20.5. The number of rotatable bonds is 2. The second-order valence-corrected chi connectivity index (χ2v) is 6.87. The Kier molecular flexibility index (Phi) is 3.52. The monoisotopic (exact) mass is 263 g/mol. The molecule has 0 aliphatic carbocycles. The molecular weight excluding hydrogens is 239 g/mol. The van der Waals surface area contributed by atoms with Gasteiger partial charge in [-0.15, -0.1) is 0 Å². The van der Waals surface area contributed by atoms with Gasteiger partial charge >= 0.3 is 0 Å². The van der Waals surface area contributed by atoms with Gasteiger partial charge in [0, 0.05) is 12.1 Å². The second-order valence-electron chi connectivity index (χ2n) is 6.87. The lowest BCUT2D eigenvalue weighted by Crippen LogP contribution is -2.60. The van der Waals surface area contributed by atoms with Crippen molar-refractivity contribution in [3.63, 3.8) is 0 Å². The smallest absolute Gasteiger partial charge is 0.123 e. The van der Waals surface area contributed by atoms with E-state index in [2.05, 4.69) is 39.9 Å². The molecule has 3 heteroatoms. The van der Waals surface area contributed by atoms with Gasteiger partial charge in [0.05, 0.1) is 26.2 Å². The average molecular weight is 263 g/mol. The van der Waals surface area contributed by atoms with Crippen molar-refractivity contribution in [3.8, 4) is 0 Å². The first-order chi connectivity index (χ1) is 8.72. The molecule has 0 amide bonds. The van der Waals surface area contributed by atoms with Crippen LogP contribution in [0, 0.1) is 5.82 Å². The molecule has 0 spiro atoms. The summed E-state index contributed by atoms with van der Waals surface area (Å²) in [5, 5.41) is 0. The molecule has 2 nitrogen and oxygen atoms in total. The highest BCUT2D eigenvalue weighted by Gasteiger charge is 2.41. The molecule has 19 heavy (non-hydrogen) atoms. The molecule has 0 saturated carbocycles. The molecule has 2 rings (SSSR count). The van der Waals surface area contributed by atoms with E-state index >= 15 is 0 Å². The van der Waals surface area contributed by atoms with Gasteiger partial charge in [-0.2, -0.15) is 0 Å². The fourth-order valence-corrected chi connectivity index (χ4v) is 2.43. The van der Waals surface area contributed by atoms with Crippen molar-refractivity contribution in [2.24, 2.45) is 4.99 Å². The van der Waals surface area contributed by atoms with Crippen LogP contribution in [0.2, 0.25) is 0 Å².